The van der Waals surface area contributed by atoms with Gasteiger partial charge in [0.1, 0.15) is 17.1 Å². The smallest absolute Gasteiger partial charge is 0.350 e. The van der Waals surface area contributed by atoms with Crippen molar-refractivity contribution in [3.8, 4) is 11.5 Å². The Labute approximate surface area is 127 Å². The lowest BCUT2D eigenvalue weighted by molar-refractivity contribution is -0.385. The fourth-order valence-electron chi connectivity index (χ4n) is 1.79. The van der Waals surface area contributed by atoms with Gasteiger partial charge in [-0.3, -0.25) is 10.1 Å². The molecule has 0 spiro atoms. The molecule has 0 aliphatic carbocycles. The van der Waals surface area contributed by atoms with Crippen LogP contribution < -0.4 is 9.47 Å². The van der Waals surface area contributed by atoms with Crippen molar-refractivity contribution in [1.29, 1.82) is 0 Å². The van der Waals surface area contributed by atoms with E-state index in [2.05, 4.69) is 0 Å². The molecule has 2 aromatic carbocycles. The van der Waals surface area contributed by atoms with E-state index in [1.165, 1.54) is 18.2 Å². The Morgan fingerprint density at radius 1 is 1.09 bits per heavy atom. The summed E-state index contributed by atoms with van der Waals surface area (Å²) in [5.41, 5.74) is -0.366. The minimum absolute atomic E-state index is 0.0844. The normalized spacial score (nSPS) is 10.0. The number of hydrogen-bond acceptors (Lipinski definition) is 5. The summed E-state index contributed by atoms with van der Waals surface area (Å²) in [4.78, 5) is 22.3. The quantitative estimate of drug-likeness (QED) is 0.352. The third kappa shape index (κ3) is 3.82. The molecule has 2 rings (SSSR count). The number of carbonyl (C=O) groups excluding carboxylic acids is 1. The Morgan fingerprint density at radius 2 is 1.73 bits per heavy atom. The summed E-state index contributed by atoms with van der Waals surface area (Å²) in [6, 6.07) is 12.2. The van der Waals surface area contributed by atoms with Crippen molar-refractivity contribution in [3.63, 3.8) is 0 Å². The molecule has 0 radical (unpaired) electrons. The Kier molecular flexibility index (Phi) is 5.08. The lowest BCUT2D eigenvalue weighted by Crippen LogP contribution is -2.11. The summed E-state index contributed by atoms with van der Waals surface area (Å²) >= 11 is 0. The van der Waals surface area contributed by atoms with E-state index in [0.717, 1.165) is 6.42 Å². The zero-order valence-corrected chi connectivity index (χ0v) is 12.0. The van der Waals surface area contributed by atoms with E-state index in [-0.39, 0.29) is 11.3 Å². The highest BCUT2D eigenvalue weighted by atomic mass is 16.6. The van der Waals surface area contributed by atoms with E-state index in [4.69, 9.17) is 9.47 Å². The molecule has 0 aliphatic rings. The van der Waals surface area contributed by atoms with E-state index in [9.17, 15) is 14.9 Å². The molecule has 22 heavy (non-hydrogen) atoms. The summed E-state index contributed by atoms with van der Waals surface area (Å²) in [6.45, 7) is 2.61. The Morgan fingerprint density at radius 3 is 2.36 bits per heavy atom. The van der Waals surface area contributed by atoms with E-state index in [1.807, 2.05) is 6.92 Å². The number of esters is 1. The number of benzene rings is 2. The van der Waals surface area contributed by atoms with Gasteiger partial charge in [-0.15, -0.1) is 0 Å². The molecule has 6 heteroatoms. The van der Waals surface area contributed by atoms with Gasteiger partial charge in [-0.05, 0) is 36.8 Å². The van der Waals surface area contributed by atoms with Crippen LogP contribution >= 0.6 is 0 Å². The van der Waals surface area contributed by atoms with Crippen LogP contribution in [0.1, 0.15) is 23.7 Å². The topological polar surface area (TPSA) is 78.7 Å². The molecule has 2 aromatic rings. The maximum absolute atomic E-state index is 12.0. The summed E-state index contributed by atoms with van der Waals surface area (Å²) in [7, 11) is 0. The van der Waals surface area contributed by atoms with Crippen LogP contribution in [0.15, 0.2) is 48.5 Å². The molecular formula is C16H15NO5. The van der Waals surface area contributed by atoms with Gasteiger partial charge >= 0.3 is 5.97 Å². The summed E-state index contributed by atoms with van der Waals surface area (Å²) in [5, 5.41) is 10.9. The van der Waals surface area contributed by atoms with Crippen LogP contribution in [0.4, 0.5) is 5.69 Å². The van der Waals surface area contributed by atoms with Crippen LogP contribution in [0, 0.1) is 10.1 Å². The number of carbonyl (C=O) groups is 1. The molecular weight excluding hydrogens is 286 g/mol. The zero-order chi connectivity index (χ0) is 15.9. The number of ether oxygens (including phenoxy) is 2. The molecule has 114 valence electrons. The summed E-state index contributed by atoms with van der Waals surface area (Å²) in [5.74, 6) is 0.203. The predicted octanol–water partition coefficient (Wildman–Crippen LogP) is 3.60. The minimum atomic E-state index is -0.769. The van der Waals surface area contributed by atoms with Gasteiger partial charge in [0.2, 0.25) is 0 Å². The largest absolute Gasteiger partial charge is 0.494 e. The number of rotatable bonds is 6. The van der Waals surface area contributed by atoms with Crippen molar-refractivity contribution in [2.75, 3.05) is 6.61 Å². The van der Waals surface area contributed by atoms with Crippen LogP contribution in [0.2, 0.25) is 0 Å². The lowest BCUT2D eigenvalue weighted by atomic mass is 10.2. The van der Waals surface area contributed by atoms with Gasteiger partial charge in [0, 0.05) is 6.07 Å². The average molecular weight is 301 g/mol. The fourth-order valence-corrected chi connectivity index (χ4v) is 1.79. The molecule has 0 aliphatic heterocycles. The van der Waals surface area contributed by atoms with Crippen LogP contribution in [-0.2, 0) is 0 Å². The third-order valence-electron chi connectivity index (χ3n) is 2.83. The molecule has 0 heterocycles. The first kappa shape index (κ1) is 15.5. The SMILES string of the molecule is CCCOc1ccc(OC(=O)c2ccccc2[N+](=O)[O-])cc1. The summed E-state index contributed by atoms with van der Waals surface area (Å²) in [6.07, 6.45) is 0.897. The first-order valence-electron chi connectivity index (χ1n) is 6.80. The maximum atomic E-state index is 12.0. The Balaban J connectivity index is 2.10. The van der Waals surface area contributed by atoms with Gasteiger partial charge in [-0.2, -0.15) is 0 Å². The van der Waals surface area contributed by atoms with Gasteiger partial charge in [0.25, 0.3) is 5.69 Å². The van der Waals surface area contributed by atoms with Crippen LogP contribution in [-0.4, -0.2) is 17.5 Å². The minimum Gasteiger partial charge on any atom is -0.494 e. The number of hydrogen-bond donors (Lipinski definition) is 0. The molecule has 0 amide bonds. The standard InChI is InChI=1S/C16H15NO5/c1-2-11-21-12-7-9-13(10-8-12)22-16(18)14-5-3-4-6-15(14)17(19)20/h3-10H,2,11H2,1H3. The van der Waals surface area contributed by atoms with Gasteiger partial charge in [-0.1, -0.05) is 19.1 Å². The second-order valence-electron chi connectivity index (χ2n) is 4.48. The van der Waals surface area contributed by atoms with Gasteiger partial charge in [-0.25, -0.2) is 4.79 Å². The van der Waals surface area contributed by atoms with Crippen molar-refractivity contribution >= 4 is 11.7 Å². The van der Waals surface area contributed by atoms with Gasteiger partial charge in [0.15, 0.2) is 0 Å². The van der Waals surface area contributed by atoms with Gasteiger partial charge in [0.05, 0.1) is 11.5 Å². The highest BCUT2D eigenvalue weighted by molar-refractivity contribution is 5.95. The first-order chi connectivity index (χ1) is 10.6. The molecule has 0 bridgehead atoms. The van der Waals surface area contributed by atoms with Crippen LogP contribution in [0.25, 0.3) is 0 Å². The predicted molar refractivity (Wildman–Crippen MR) is 80.3 cm³/mol. The van der Waals surface area contributed by atoms with E-state index >= 15 is 0 Å². The lowest BCUT2D eigenvalue weighted by Gasteiger charge is -2.07. The summed E-state index contributed by atoms with van der Waals surface area (Å²) < 4.78 is 10.6. The number of para-hydroxylation sites is 1. The molecule has 6 nitrogen and oxygen atoms in total. The van der Waals surface area contributed by atoms with Crippen molar-refractivity contribution in [3.05, 3.63) is 64.2 Å². The van der Waals surface area contributed by atoms with Gasteiger partial charge < -0.3 is 9.47 Å². The number of nitro groups is 1. The first-order valence-corrected chi connectivity index (χ1v) is 6.80. The molecule has 0 saturated heterocycles. The molecule has 0 unspecified atom stereocenters. The second kappa shape index (κ2) is 7.21. The Bertz CT molecular complexity index is 666. The zero-order valence-electron chi connectivity index (χ0n) is 12.0. The number of nitro benzene ring substituents is 1. The molecule has 0 N–H and O–H groups in total. The van der Waals surface area contributed by atoms with E-state index in [1.54, 1.807) is 30.3 Å². The van der Waals surface area contributed by atoms with Crippen LogP contribution in [0.3, 0.4) is 0 Å². The molecule has 0 aromatic heterocycles. The monoisotopic (exact) mass is 301 g/mol. The highest BCUT2D eigenvalue weighted by Gasteiger charge is 2.20. The van der Waals surface area contributed by atoms with Crippen molar-refractivity contribution in [1.82, 2.24) is 0 Å². The molecule has 0 saturated carbocycles. The Hall–Kier alpha value is -2.89. The maximum Gasteiger partial charge on any atom is 0.350 e. The van der Waals surface area contributed by atoms with E-state index in [0.29, 0.717) is 18.1 Å². The molecule has 0 atom stereocenters. The highest BCUT2D eigenvalue weighted by Crippen LogP contribution is 2.22. The fraction of sp³-hybridized carbons (Fsp3) is 0.188. The molecule has 0 fully saturated rings. The van der Waals surface area contributed by atoms with Crippen molar-refractivity contribution in [2.45, 2.75) is 13.3 Å². The van der Waals surface area contributed by atoms with E-state index < -0.39 is 10.9 Å². The number of nitrogens with zero attached hydrogens (tertiary/aromatic N) is 1. The van der Waals surface area contributed by atoms with Crippen LogP contribution in [0.5, 0.6) is 11.5 Å². The third-order valence-corrected chi connectivity index (χ3v) is 2.83. The second-order valence-corrected chi connectivity index (χ2v) is 4.48. The average Bonchev–Trinajstić information content (AvgIpc) is 2.54. The van der Waals surface area contributed by atoms with Crippen molar-refractivity contribution < 1.29 is 19.2 Å². The van der Waals surface area contributed by atoms with Crippen molar-refractivity contribution in [2.24, 2.45) is 0 Å².